The zero-order valence-electron chi connectivity index (χ0n) is 15.7. The van der Waals surface area contributed by atoms with Crippen molar-refractivity contribution in [2.75, 3.05) is 22.9 Å². The highest BCUT2D eigenvalue weighted by Crippen LogP contribution is 2.25. The van der Waals surface area contributed by atoms with Crippen LogP contribution >= 0.6 is 0 Å². The fourth-order valence-corrected chi connectivity index (χ4v) is 3.28. The Labute approximate surface area is 156 Å². The average Bonchev–Trinajstić information content (AvgIpc) is 2.60. The van der Waals surface area contributed by atoms with Crippen molar-refractivity contribution in [2.45, 2.75) is 33.1 Å². The van der Waals surface area contributed by atoms with Gasteiger partial charge in [0.15, 0.2) is 0 Å². The maximum Gasteiger partial charge on any atom is 0.256 e. The second kappa shape index (κ2) is 8.36. The van der Waals surface area contributed by atoms with Gasteiger partial charge in [0, 0.05) is 18.3 Å². The SMILES string of the molecule is CCCCc1ccc(NC(=O)c2cccc(N(C)S(C)(=O)=O)c2C)cc1. The number of hydrogen-bond donors (Lipinski definition) is 1. The van der Waals surface area contributed by atoms with E-state index >= 15 is 0 Å². The molecule has 0 aliphatic heterocycles. The Kier molecular flexibility index (Phi) is 6.42. The lowest BCUT2D eigenvalue weighted by molar-refractivity contribution is 0.102. The molecule has 2 rings (SSSR count). The van der Waals surface area contributed by atoms with Crippen LogP contribution in [0.4, 0.5) is 11.4 Å². The Bertz CT molecular complexity index is 874. The lowest BCUT2D eigenvalue weighted by Crippen LogP contribution is -2.26. The normalized spacial score (nSPS) is 11.2. The van der Waals surface area contributed by atoms with Crippen LogP contribution in [0.2, 0.25) is 0 Å². The van der Waals surface area contributed by atoms with E-state index in [4.69, 9.17) is 0 Å². The molecule has 1 N–H and O–H groups in total. The van der Waals surface area contributed by atoms with Gasteiger partial charge in [-0.3, -0.25) is 9.10 Å². The van der Waals surface area contributed by atoms with Gasteiger partial charge < -0.3 is 5.32 Å². The summed E-state index contributed by atoms with van der Waals surface area (Å²) >= 11 is 0. The quantitative estimate of drug-likeness (QED) is 0.797. The number of carbonyl (C=O) groups excluding carboxylic acids is 1. The molecule has 26 heavy (non-hydrogen) atoms. The lowest BCUT2D eigenvalue weighted by Gasteiger charge is -2.20. The first-order valence-corrected chi connectivity index (χ1v) is 10.5. The van der Waals surface area contributed by atoms with Gasteiger partial charge in [0.05, 0.1) is 11.9 Å². The van der Waals surface area contributed by atoms with Gasteiger partial charge in [0.25, 0.3) is 5.91 Å². The zero-order chi connectivity index (χ0) is 19.3. The summed E-state index contributed by atoms with van der Waals surface area (Å²) in [4.78, 5) is 12.6. The van der Waals surface area contributed by atoms with E-state index in [0.717, 1.165) is 31.2 Å². The van der Waals surface area contributed by atoms with Crippen LogP contribution in [0.1, 0.15) is 41.3 Å². The van der Waals surface area contributed by atoms with Crippen LogP contribution in [0, 0.1) is 6.92 Å². The first-order valence-electron chi connectivity index (χ1n) is 8.68. The minimum atomic E-state index is -3.39. The van der Waals surface area contributed by atoms with Crippen LogP contribution in [0.5, 0.6) is 0 Å². The summed E-state index contributed by atoms with van der Waals surface area (Å²) in [7, 11) is -1.91. The molecule has 0 bridgehead atoms. The predicted molar refractivity (Wildman–Crippen MR) is 107 cm³/mol. The van der Waals surface area contributed by atoms with E-state index in [-0.39, 0.29) is 5.91 Å². The number of rotatable bonds is 7. The van der Waals surface area contributed by atoms with Crippen molar-refractivity contribution in [3.05, 3.63) is 59.2 Å². The monoisotopic (exact) mass is 374 g/mol. The highest BCUT2D eigenvalue weighted by atomic mass is 32.2. The second-order valence-electron chi connectivity index (χ2n) is 6.43. The van der Waals surface area contributed by atoms with E-state index in [1.165, 1.54) is 16.9 Å². The number of unbranched alkanes of at least 4 members (excludes halogenated alkanes) is 1. The maximum absolute atomic E-state index is 12.6. The van der Waals surface area contributed by atoms with Crippen molar-refractivity contribution in [1.82, 2.24) is 0 Å². The Morgan fingerprint density at radius 3 is 2.35 bits per heavy atom. The molecule has 0 aromatic heterocycles. The van der Waals surface area contributed by atoms with E-state index < -0.39 is 10.0 Å². The molecule has 2 aromatic carbocycles. The molecule has 0 saturated carbocycles. The molecule has 6 heteroatoms. The molecule has 0 radical (unpaired) electrons. The van der Waals surface area contributed by atoms with Crippen LogP contribution in [0.3, 0.4) is 0 Å². The molecule has 0 fully saturated rings. The summed E-state index contributed by atoms with van der Waals surface area (Å²) in [5.41, 5.74) is 3.54. The number of anilines is 2. The smallest absolute Gasteiger partial charge is 0.256 e. The van der Waals surface area contributed by atoms with E-state index in [9.17, 15) is 13.2 Å². The van der Waals surface area contributed by atoms with Crippen LogP contribution in [-0.4, -0.2) is 27.6 Å². The molecule has 0 aliphatic rings. The molecule has 0 heterocycles. The first kappa shape index (κ1) is 20.0. The summed E-state index contributed by atoms with van der Waals surface area (Å²) in [6.07, 6.45) is 4.46. The molecule has 0 saturated heterocycles. The summed E-state index contributed by atoms with van der Waals surface area (Å²) < 4.78 is 24.8. The molecule has 140 valence electrons. The Morgan fingerprint density at radius 1 is 1.12 bits per heavy atom. The topological polar surface area (TPSA) is 66.5 Å². The maximum atomic E-state index is 12.6. The Hall–Kier alpha value is -2.34. The summed E-state index contributed by atoms with van der Waals surface area (Å²) in [5.74, 6) is -0.257. The standard InChI is InChI=1S/C20H26N2O3S/c1-5-6-8-16-11-13-17(14-12-16)21-20(23)18-9-7-10-19(15(18)2)22(3)26(4,24)25/h7,9-14H,5-6,8H2,1-4H3,(H,21,23). The summed E-state index contributed by atoms with van der Waals surface area (Å²) in [6, 6.07) is 12.9. The van der Waals surface area contributed by atoms with Crippen LogP contribution in [0.15, 0.2) is 42.5 Å². The summed E-state index contributed by atoms with van der Waals surface area (Å²) in [6.45, 7) is 3.91. The molecule has 0 unspecified atom stereocenters. The highest BCUT2D eigenvalue weighted by Gasteiger charge is 2.18. The van der Waals surface area contributed by atoms with Crippen LogP contribution < -0.4 is 9.62 Å². The van der Waals surface area contributed by atoms with Crippen LogP contribution in [0.25, 0.3) is 0 Å². The van der Waals surface area contributed by atoms with Crippen molar-refractivity contribution < 1.29 is 13.2 Å². The van der Waals surface area contributed by atoms with Gasteiger partial charge in [-0.2, -0.15) is 0 Å². The number of benzene rings is 2. The second-order valence-corrected chi connectivity index (χ2v) is 8.45. The number of carbonyl (C=O) groups is 1. The third kappa shape index (κ3) is 4.85. The number of sulfonamides is 1. The fourth-order valence-electron chi connectivity index (χ4n) is 2.72. The number of aryl methyl sites for hydroxylation is 1. The molecule has 5 nitrogen and oxygen atoms in total. The van der Waals surface area contributed by atoms with Crippen molar-refractivity contribution >= 4 is 27.3 Å². The first-order chi connectivity index (χ1) is 12.2. The third-order valence-electron chi connectivity index (χ3n) is 4.42. The lowest BCUT2D eigenvalue weighted by atomic mass is 10.1. The molecular formula is C20H26N2O3S. The minimum absolute atomic E-state index is 0.257. The van der Waals surface area contributed by atoms with E-state index in [1.807, 2.05) is 24.3 Å². The molecule has 0 aliphatic carbocycles. The van der Waals surface area contributed by atoms with Gasteiger partial charge in [0.2, 0.25) is 10.0 Å². The molecular weight excluding hydrogens is 348 g/mol. The van der Waals surface area contributed by atoms with E-state index in [2.05, 4.69) is 12.2 Å². The fraction of sp³-hybridized carbons (Fsp3) is 0.350. The number of nitrogens with one attached hydrogen (secondary N) is 1. The van der Waals surface area contributed by atoms with Crippen molar-refractivity contribution in [3.63, 3.8) is 0 Å². The minimum Gasteiger partial charge on any atom is -0.322 e. The molecule has 0 spiro atoms. The number of amides is 1. The highest BCUT2D eigenvalue weighted by molar-refractivity contribution is 7.92. The predicted octanol–water partition coefficient (Wildman–Crippen LogP) is 3.99. The molecule has 1 amide bonds. The van der Waals surface area contributed by atoms with Crippen molar-refractivity contribution in [2.24, 2.45) is 0 Å². The van der Waals surface area contributed by atoms with Crippen molar-refractivity contribution in [3.8, 4) is 0 Å². The van der Waals surface area contributed by atoms with E-state index in [0.29, 0.717) is 16.8 Å². The largest absolute Gasteiger partial charge is 0.322 e. The van der Waals surface area contributed by atoms with Gasteiger partial charge >= 0.3 is 0 Å². The zero-order valence-corrected chi connectivity index (χ0v) is 16.6. The van der Waals surface area contributed by atoms with Gasteiger partial charge in [-0.25, -0.2) is 8.42 Å². The van der Waals surface area contributed by atoms with Gasteiger partial charge in [0.1, 0.15) is 0 Å². The number of nitrogens with zero attached hydrogens (tertiary/aromatic N) is 1. The Balaban J connectivity index is 2.20. The number of hydrogen-bond acceptors (Lipinski definition) is 3. The van der Waals surface area contributed by atoms with Gasteiger partial charge in [-0.1, -0.05) is 31.5 Å². The van der Waals surface area contributed by atoms with E-state index in [1.54, 1.807) is 25.1 Å². The average molecular weight is 375 g/mol. The van der Waals surface area contributed by atoms with Crippen LogP contribution in [-0.2, 0) is 16.4 Å². The van der Waals surface area contributed by atoms with Gasteiger partial charge in [-0.05, 0) is 55.2 Å². The van der Waals surface area contributed by atoms with Gasteiger partial charge in [-0.15, -0.1) is 0 Å². The molecule has 2 aromatic rings. The van der Waals surface area contributed by atoms with Crippen molar-refractivity contribution in [1.29, 1.82) is 0 Å². The third-order valence-corrected chi connectivity index (χ3v) is 5.61. The molecule has 0 atom stereocenters. The summed E-state index contributed by atoms with van der Waals surface area (Å²) in [5, 5.41) is 2.88. The Morgan fingerprint density at radius 2 is 1.77 bits per heavy atom.